The normalized spacial score (nSPS) is 19.0. The molecule has 1 aliphatic heterocycles. The molecular weight excluding hydrogens is 462 g/mol. The maximum absolute atomic E-state index is 13.4. The van der Waals surface area contributed by atoms with E-state index in [0.717, 1.165) is 40.2 Å². The Morgan fingerprint density at radius 3 is 2.56 bits per heavy atom. The van der Waals surface area contributed by atoms with E-state index in [4.69, 9.17) is 9.47 Å². The molecule has 2 aromatic rings. The van der Waals surface area contributed by atoms with Crippen molar-refractivity contribution in [2.24, 2.45) is 0 Å². The summed E-state index contributed by atoms with van der Waals surface area (Å²) >= 11 is 0.851. The number of aryl methyl sites for hydroxylation is 1. The Kier molecular flexibility index (Phi) is 6.13. The van der Waals surface area contributed by atoms with Gasteiger partial charge in [0.05, 0.1) is 19.8 Å². The number of carbonyl (C=O) groups is 5. The van der Waals surface area contributed by atoms with Crippen LogP contribution in [0.25, 0.3) is 0 Å². The molecule has 2 heterocycles. The van der Waals surface area contributed by atoms with E-state index in [9.17, 15) is 24.0 Å². The number of hydrogen-bond donors (Lipinski definition) is 2. The van der Waals surface area contributed by atoms with Crippen LogP contribution in [0.1, 0.15) is 49.6 Å². The molecular formula is C23H23N3O7S. The van der Waals surface area contributed by atoms with Crippen molar-refractivity contribution in [3.05, 3.63) is 51.4 Å². The van der Waals surface area contributed by atoms with Crippen LogP contribution in [-0.4, -0.2) is 55.4 Å². The molecule has 2 N–H and O–H groups in total. The van der Waals surface area contributed by atoms with Gasteiger partial charge in [-0.25, -0.2) is 14.4 Å². The lowest BCUT2D eigenvalue weighted by Crippen LogP contribution is -2.47. The topological polar surface area (TPSA) is 131 Å². The summed E-state index contributed by atoms with van der Waals surface area (Å²) in [6.07, 6.45) is 1.96. The first-order valence-corrected chi connectivity index (χ1v) is 11.4. The zero-order valence-corrected chi connectivity index (χ0v) is 19.7. The van der Waals surface area contributed by atoms with E-state index in [-0.39, 0.29) is 15.4 Å². The van der Waals surface area contributed by atoms with Crippen molar-refractivity contribution in [2.45, 2.75) is 31.7 Å². The average molecular weight is 486 g/mol. The summed E-state index contributed by atoms with van der Waals surface area (Å²) in [5.41, 5.74) is 0.844. The van der Waals surface area contributed by atoms with Gasteiger partial charge in [-0.15, -0.1) is 11.3 Å². The standard InChI is InChI=1S/C23H23N3O7S/c1-12-16(19(28)32-2)18(34-17(12)20(29)33-3)24-15(27)11-26-21(30)23(25-22(26)31)10-6-8-13-7-4-5-9-14(13)23/h4-5,7,9H,6,8,10-11H2,1-3H3,(H,24,27)(H,25,31). The number of imide groups is 1. The molecule has 4 amide bonds. The second-order valence-corrected chi connectivity index (χ2v) is 9.05. The van der Waals surface area contributed by atoms with Crippen LogP contribution in [0, 0.1) is 6.92 Å². The second kappa shape index (κ2) is 8.90. The molecule has 0 bridgehead atoms. The minimum atomic E-state index is -1.19. The third-order valence-electron chi connectivity index (χ3n) is 6.11. The van der Waals surface area contributed by atoms with Crippen molar-refractivity contribution in [3.63, 3.8) is 0 Å². The number of ether oxygens (including phenoxy) is 2. The first-order valence-electron chi connectivity index (χ1n) is 10.6. The number of anilines is 1. The molecule has 1 aromatic carbocycles. The van der Waals surface area contributed by atoms with Gasteiger partial charge in [0.1, 0.15) is 22.0 Å². The Balaban J connectivity index is 1.58. The number of esters is 2. The number of thiophene rings is 1. The minimum absolute atomic E-state index is 0.0103. The first kappa shape index (κ1) is 23.4. The van der Waals surface area contributed by atoms with Crippen LogP contribution in [0.3, 0.4) is 0 Å². The van der Waals surface area contributed by atoms with E-state index >= 15 is 0 Å². The van der Waals surface area contributed by atoms with Crippen molar-refractivity contribution in [2.75, 3.05) is 26.1 Å². The average Bonchev–Trinajstić information content (AvgIpc) is 3.27. The summed E-state index contributed by atoms with van der Waals surface area (Å²) in [6.45, 7) is 0.978. The van der Waals surface area contributed by atoms with Gasteiger partial charge in [-0.2, -0.15) is 0 Å². The molecule has 1 fully saturated rings. The van der Waals surface area contributed by atoms with Crippen LogP contribution >= 0.6 is 11.3 Å². The highest BCUT2D eigenvalue weighted by atomic mass is 32.1. The van der Waals surface area contributed by atoms with Crippen molar-refractivity contribution in [1.82, 2.24) is 10.2 Å². The summed E-state index contributed by atoms with van der Waals surface area (Å²) < 4.78 is 9.51. The van der Waals surface area contributed by atoms with Gasteiger partial charge in [-0.1, -0.05) is 24.3 Å². The zero-order chi connectivity index (χ0) is 24.6. The Morgan fingerprint density at radius 2 is 1.85 bits per heavy atom. The predicted octanol–water partition coefficient (Wildman–Crippen LogP) is 2.35. The lowest BCUT2D eigenvalue weighted by atomic mass is 9.76. The Bertz CT molecular complexity index is 1220. The Morgan fingerprint density at radius 1 is 1.15 bits per heavy atom. The molecule has 1 aliphatic carbocycles. The summed E-state index contributed by atoms with van der Waals surface area (Å²) in [5.74, 6) is -2.61. The number of hydrogen-bond acceptors (Lipinski definition) is 8. The number of rotatable bonds is 5. The molecule has 1 spiro atoms. The highest BCUT2D eigenvalue weighted by Gasteiger charge is 2.54. The maximum Gasteiger partial charge on any atom is 0.348 e. The van der Waals surface area contributed by atoms with E-state index in [0.29, 0.717) is 12.0 Å². The monoisotopic (exact) mass is 485 g/mol. The third kappa shape index (κ3) is 3.71. The van der Waals surface area contributed by atoms with Crippen LogP contribution < -0.4 is 10.6 Å². The third-order valence-corrected chi connectivity index (χ3v) is 7.30. The Hall–Kier alpha value is -3.73. The summed E-state index contributed by atoms with van der Waals surface area (Å²) in [7, 11) is 2.38. The molecule has 1 aromatic heterocycles. The van der Waals surface area contributed by atoms with Gasteiger partial charge in [0.25, 0.3) is 5.91 Å². The molecule has 1 saturated heterocycles. The number of carbonyl (C=O) groups excluding carboxylic acids is 5. The lowest BCUT2D eigenvalue weighted by Gasteiger charge is -2.33. The number of urea groups is 1. The van der Waals surface area contributed by atoms with Gasteiger partial charge in [0, 0.05) is 0 Å². The predicted molar refractivity (Wildman–Crippen MR) is 122 cm³/mol. The van der Waals surface area contributed by atoms with Gasteiger partial charge in [0.2, 0.25) is 5.91 Å². The molecule has 0 radical (unpaired) electrons. The van der Waals surface area contributed by atoms with Crippen LogP contribution in [0.2, 0.25) is 0 Å². The Labute approximate surface area is 199 Å². The van der Waals surface area contributed by atoms with E-state index < -0.39 is 41.9 Å². The number of methoxy groups -OCH3 is 2. The second-order valence-electron chi connectivity index (χ2n) is 8.03. The van der Waals surface area contributed by atoms with E-state index in [2.05, 4.69) is 10.6 Å². The van der Waals surface area contributed by atoms with E-state index in [1.807, 2.05) is 24.3 Å². The largest absolute Gasteiger partial charge is 0.465 e. The first-order chi connectivity index (χ1) is 16.2. The van der Waals surface area contributed by atoms with E-state index in [1.165, 1.54) is 21.1 Å². The SMILES string of the molecule is COC(=O)c1sc(NC(=O)CN2C(=O)NC3(CCCc4ccccc43)C2=O)c(C(=O)OC)c1C. The van der Waals surface area contributed by atoms with Crippen LogP contribution in [0.5, 0.6) is 0 Å². The number of amides is 4. The lowest BCUT2D eigenvalue weighted by molar-refractivity contribution is -0.134. The van der Waals surface area contributed by atoms with Gasteiger partial charge in [0.15, 0.2) is 0 Å². The maximum atomic E-state index is 13.4. The molecule has 2 aliphatic rings. The van der Waals surface area contributed by atoms with Crippen LogP contribution in [0.4, 0.5) is 9.80 Å². The number of nitrogens with zero attached hydrogens (tertiary/aromatic N) is 1. The molecule has 4 rings (SSSR count). The number of benzene rings is 1. The fraction of sp³-hybridized carbons (Fsp3) is 0.348. The fourth-order valence-electron chi connectivity index (χ4n) is 4.50. The molecule has 10 nitrogen and oxygen atoms in total. The summed E-state index contributed by atoms with van der Waals surface area (Å²) in [4.78, 5) is 64.3. The van der Waals surface area contributed by atoms with Crippen molar-refractivity contribution in [3.8, 4) is 0 Å². The molecule has 11 heteroatoms. The van der Waals surface area contributed by atoms with Gasteiger partial charge < -0.3 is 20.1 Å². The number of nitrogens with one attached hydrogen (secondary N) is 2. The molecule has 0 saturated carbocycles. The van der Waals surface area contributed by atoms with Gasteiger partial charge in [-0.3, -0.25) is 14.5 Å². The fourth-order valence-corrected chi connectivity index (χ4v) is 5.63. The molecule has 1 unspecified atom stereocenters. The summed E-state index contributed by atoms with van der Waals surface area (Å²) in [6, 6.07) is 6.78. The highest BCUT2D eigenvalue weighted by molar-refractivity contribution is 7.18. The van der Waals surface area contributed by atoms with Crippen molar-refractivity contribution >= 4 is 46.1 Å². The van der Waals surface area contributed by atoms with Crippen LogP contribution in [0.15, 0.2) is 24.3 Å². The zero-order valence-electron chi connectivity index (χ0n) is 18.9. The smallest absolute Gasteiger partial charge is 0.348 e. The van der Waals surface area contributed by atoms with Gasteiger partial charge in [-0.05, 0) is 42.9 Å². The highest BCUT2D eigenvalue weighted by Crippen LogP contribution is 2.40. The molecule has 178 valence electrons. The number of fused-ring (bicyclic) bond motifs is 2. The molecule has 1 atom stereocenters. The quantitative estimate of drug-likeness (QED) is 0.491. The van der Waals surface area contributed by atoms with Gasteiger partial charge >= 0.3 is 18.0 Å². The summed E-state index contributed by atoms with van der Waals surface area (Å²) in [5, 5.41) is 5.40. The van der Waals surface area contributed by atoms with Crippen molar-refractivity contribution in [1.29, 1.82) is 0 Å². The van der Waals surface area contributed by atoms with E-state index in [1.54, 1.807) is 0 Å². The molecule has 34 heavy (non-hydrogen) atoms. The van der Waals surface area contributed by atoms with Crippen LogP contribution in [-0.2, 0) is 31.0 Å². The minimum Gasteiger partial charge on any atom is -0.465 e. The van der Waals surface area contributed by atoms with Crippen molar-refractivity contribution < 1.29 is 33.4 Å².